The summed E-state index contributed by atoms with van der Waals surface area (Å²) in [6.07, 6.45) is 6.45. The topological polar surface area (TPSA) is 33.1 Å². The number of benzene rings is 1. The van der Waals surface area contributed by atoms with Crippen LogP contribution in [0.1, 0.15) is 44.0 Å². The Hall–Kier alpha value is -0.930. The summed E-state index contributed by atoms with van der Waals surface area (Å²) in [5.74, 6) is 0. The molecule has 0 radical (unpaired) electrons. The molecule has 1 fully saturated rings. The van der Waals surface area contributed by atoms with Crippen molar-refractivity contribution in [3.63, 3.8) is 0 Å². The molecule has 19 heavy (non-hydrogen) atoms. The minimum atomic E-state index is -0.236. The molecule has 1 N–H and O–H groups in total. The van der Waals surface area contributed by atoms with Crippen LogP contribution in [-0.4, -0.2) is 16.2 Å². The van der Waals surface area contributed by atoms with E-state index in [-0.39, 0.29) is 11.5 Å². The van der Waals surface area contributed by atoms with Crippen LogP contribution in [0.5, 0.6) is 0 Å². The first kappa shape index (κ1) is 13.1. The van der Waals surface area contributed by atoms with Crippen molar-refractivity contribution >= 4 is 21.6 Å². The SMILES string of the molecule is CCC1(C(O)Cc2nc3ccccc3s2)CCCC1. The van der Waals surface area contributed by atoms with Gasteiger partial charge in [-0.15, -0.1) is 11.3 Å². The maximum Gasteiger partial charge on any atom is 0.0964 e. The highest BCUT2D eigenvalue weighted by Crippen LogP contribution is 2.45. The zero-order valence-corrected chi connectivity index (χ0v) is 12.2. The molecule has 0 saturated heterocycles. The monoisotopic (exact) mass is 275 g/mol. The van der Waals surface area contributed by atoms with Crippen LogP contribution in [0.3, 0.4) is 0 Å². The summed E-state index contributed by atoms with van der Waals surface area (Å²) in [4.78, 5) is 4.65. The minimum Gasteiger partial charge on any atom is -0.392 e. The van der Waals surface area contributed by atoms with E-state index in [2.05, 4.69) is 18.0 Å². The Balaban J connectivity index is 1.80. The van der Waals surface area contributed by atoms with E-state index in [0.29, 0.717) is 6.42 Å². The smallest absolute Gasteiger partial charge is 0.0964 e. The van der Waals surface area contributed by atoms with Gasteiger partial charge in [0.15, 0.2) is 0 Å². The Bertz CT molecular complexity index is 524. The first-order valence-electron chi connectivity index (χ1n) is 7.26. The third-order valence-corrected chi connectivity index (χ3v) is 5.78. The van der Waals surface area contributed by atoms with Gasteiger partial charge in [-0.05, 0) is 36.8 Å². The van der Waals surface area contributed by atoms with Gasteiger partial charge >= 0.3 is 0 Å². The number of aromatic nitrogens is 1. The molecule has 1 aliphatic rings. The summed E-state index contributed by atoms with van der Waals surface area (Å²) in [5, 5.41) is 11.7. The normalized spacial score (nSPS) is 19.9. The van der Waals surface area contributed by atoms with Crippen molar-refractivity contribution in [2.45, 2.75) is 51.6 Å². The van der Waals surface area contributed by atoms with Crippen LogP contribution < -0.4 is 0 Å². The van der Waals surface area contributed by atoms with E-state index in [1.165, 1.54) is 30.4 Å². The molecule has 102 valence electrons. The van der Waals surface area contributed by atoms with E-state index in [9.17, 15) is 5.11 Å². The summed E-state index contributed by atoms with van der Waals surface area (Å²) in [6.45, 7) is 2.22. The molecule has 0 bridgehead atoms. The van der Waals surface area contributed by atoms with Gasteiger partial charge in [-0.2, -0.15) is 0 Å². The van der Waals surface area contributed by atoms with Crippen LogP contribution in [0.25, 0.3) is 10.2 Å². The molecular formula is C16H21NOS. The molecule has 1 atom stereocenters. The average molecular weight is 275 g/mol. The fraction of sp³-hybridized carbons (Fsp3) is 0.562. The first-order chi connectivity index (χ1) is 9.23. The highest BCUT2D eigenvalue weighted by molar-refractivity contribution is 7.18. The van der Waals surface area contributed by atoms with Crippen molar-refractivity contribution in [3.8, 4) is 0 Å². The van der Waals surface area contributed by atoms with Gasteiger partial charge in [-0.1, -0.05) is 31.9 Å². The molecule has 1 heterocycles. The van der Waals surface area contributed by atoms with Crippen molar-refractivity contribution in [1.82, 2.24) is 4.98 Å². The lowest BCUT2D eigenvalue weighted by atomic mass is 9.77. The van der Waals surface area contributed by atoms with E-state index in [1.54, 1.807) is 11.3 Å². The number of hydrogen-bond acceptors (Lipinski definition) is 3. The molecule has 0 amide bonds. The average Bonchev–Trinajstić information content (AvgIpc) is 3.05. The zero-order chi connectivity index (χ0) is 13.3. The summed E-state index contributed by atoms with van der Waals surface area (Å²) in [7, 11) is 0. The number of thiazole rings is 1. The molecule has 1 aliphatic carbocycles. The van der Waals surface area contributed by atoms with Crippen LogP contribution in [0.2, 0.25) is 0 Å². The Labute approximate surface area is 118 Å². The first-order valence-corrected chi connectivity index (χ1v) is 8.08. The van der Waals surface area contributed by atoms with E-state index in [4.69, 9.17) is 0 Å². The van der Waals surface area contributed by atoms with Gasteiger partial charge in [0.2, 0.25) is 0 Å². The number of hydrogen-bond donors (Lipinski definition) is 1. The van der Waals surface area contributed by atoms with Crippen LogP contribution in [0.4, 0.5) is 0 Å². The Morgan fingerprint density at radius 3 is 2.74 bits per heavy atom. The molecule has 2 nitrogen and oxygen atoms in total. The standard InChI is InChI=1S/C16H21NOS/c1-2-16(9-5-6-10-16)14(18)11-15-17-12-7-3-4-8-13(12)19-15/h3-4,7-8,14,18H,2,5-6,9-11H2,1H3. The maximum atomic E-state index is 10.6. The highest BCUT2D eigenvalue weighted by Gasteiger charge is 2.39. The lowest BCUT2D eigenvalue weighted by Crippen LogP contribution is -2.33. The molecular weight excluding hydrogens is 254 g/mol. The number of fused-ring (bicyclic) bond motifs is 1. The molecule has 1 unspecified atom stereocenters. The quantitative estimate of drug-likeness (QED) is 0.908. The van der Waals surface area contributed by atoms with Gasteiger partial charge < -0.3 is 5.11 Å². The Morgan fingerprint density at radius 1 is 1.32 bits per heavy atom. The van der Waals surface area contributed by atoms with Gasteiger partial charge in [-0.3, -0.25) is 0 Å². The largest absolute Gasteiger partial charge is 0.392 e. The predicted octanol–water partition coefficient (Wildman–Crippen LogP) is 4.17. The van der Waals surface area contributed by atoms with Crippen LogP contribution in [-0.2, 0) is 6.42 Å². The minimum absolute atomic E-state index is 0.151. The number of nitrogens with zero attached hydrogens (tertiary/aromatic N) is 1. The summed E-state index contributed by atoms with van der Waals surface area (Å²) < 4.78 is 1.22. The van der Waals surface area contributed by atoms with Gasteiger partial charge in [0.05, 0.1) is 21.3 Å². The van der Waals surface area contributed by atoms with E-state index >= 15 is 0 Å². The highest BCUT2D eigenvalue weighted by atomic mass is 32.1. The predicted molar refractivity (Wildman–Crippen MR) is 80.5 cm³/mol. The maximum absolute atomic E-state index is 10.6. The van der Waals surface area contributed by atoms with E-state index in [1.807, 2.05) is 18.2 Å². The summed E-state index contributed by atoms with van der Waals surface area (Å²) >= 11 is 1.72. The van der Waals surface area contributed by atoms with Crippen LogP contribution in [0, 0.1) is 5.41 Å². The third-order valence-electron chi connectivity index (χ3n) is 4.72. The van der Waals surface area contributed by atoms with Crippen molar-refractivity contribution in [3.05, 3.63) is 29.3 Å². The molecule has 3 rings (SSSR count). The number of rotatable bonds is 4. The lowest BCUT2D eigenvalue weighted by Gasteiger charge is -2.32. The second kappa shape index (κ2) is 5.22. The number of para-hydroxylation sites is 1. The van der Waals surface area contributed by atoms with Crippen molar-refractivity contribution in [2.24, 2.45) is 5.41 Å². The summed E-state index contributed by atoms with van der Waals surface area (Å²) in [5.41, 5.74) is 1.21. The second-order valence-corrected chi connectivity index (χ2v) is 6.83. The molecule has 2 aromatic rings. The molecule has 1 saturated carbocycles. The van der Waals surface area contributed by atoms with Crippen molar-refractivity contribution in [2.75, 3.05) is 0 Å². The van der Waals surface area contributed by atoms with Crippen molar-refractivity contribution < 1.29 is 5.11 Å². The number of aliphatic hydroxyl groups is 1. The number of aliphatic hydroxyl groups excluding tert-OH is 1. The van der Waals surface area contributed by atoms with Gasteiger partial charge in [0.25, 0.3) is 0 Å². The molecule has 1 aromatic carbocycles. The van der Waals surface area contributed by atoms with Crippen molar-refractivity contribution in [1.29, 1.82) is 0 Å². The van der Waals surface area contributed by atoms with E-state index in [0.717, 1.165) is 16.9 Å². The molecule has 1 aromatic heterocycles. The molecule has 0 spiro atoms. The molecule has 0 aliphatic heterocycles. The van der Waals surface area contributed by atoms with Gasteiger partial charge in [0.1, 0.15) is 0 Å². The Kier molecular flexibility index (Phi) is 3.59. The fourth-order valence-electron chi connectivity index (χ4n) is 3.39. The van der Waals surface area contributed by atoms with Crippen LogP contribution >= 0.6 is 11.3 Å². The van der Waals surface area contributed by atoms with E-state index < -0.39 is 0 Å². The zero-order valence-electron chi connectivity index (χ0n) is 11.4. The second-order valence-electron chi connectivity index (χ2n) is 5.72. The van der Waals surface area contributed by atoms with Gasteiger partial charge in [0, 0.05) is 6.42 Å². The Morgan fingerprint density at radius 2 is 2.05 bits per heavy atom. The lowest BCUT2D eigenvalue weighted by molar-refractivity contribution is 0.0257. The molecule has 3 heteroatoms. The van der Waals surface area contributed by atoms with Gasteiger partial charge in [-0.25, -0.2) is 4.98 Å². The van der Waals surface area contributed by atoms with Crippen LogP contribution in [0.15, 0.2) is 24.3 Å². The third kappa shape index (κ3) is 2.41. The fourth-order valence-corrected chi connectivity index (χ4v) is 4.39. The summed E-state index contributed by atoms with van der Waals surface area (Å²) in [6, 6.07) is 8.22.